The van der Waals surface area contributed by atoms with Crippen molar-refractivity contribution >= 4 is 22.9 Å². The molecule has 6 rings (SSSR count). The molecule has 0 atom stereocenters. The third-order valence-corrected chi connectivity index (χ3v) is 7.20. The van der Waals surface area contributed by atoms with Crippen LogP contribution in [0.1, 0.15) is 24.8 Å². The van der Waals surface area contributed by atoms with Crippen LogP contribution >= 0.6 is 0 Å². The highest BCUT2D eigenvalue weighted by molar-refractivity contribution is 5.89. The molecule has 3 N–H and O–H groups in total. The average Bonchev–Trinajstić information content (AvgIpc) is 3.27. The number of rotatable bonds is 5. The Morgan fingerprint density at radius 3 is 2.39 bits per heavy atom. The van der Waals surface area contributed by atoms with Crippen LogP contribution in [0.5, 0.6) is 0 Å². The van der Waals surface area contributed by atoms with Crippen LogP contribution in [0.25, 0.3) is 39.5 Å². The molecule has 178 valence electrons. The van der Waals surface area contributed by atoms with E-state index in [0.29, 0.717) is 11.6 Å². The summed E-state index contributed by atoms with van der Waals surface area (Å²) in [6.45, 7) is 0. The molecule has 0 unspecified atom stereocenters. The smallest absolute Gasteiger partial charge is 0.230 e. The monoisotopic (exact) mass is 474 g/mol. The normalized spacial score (nSPS) is 14.4. The van der Waals surface area contributed by atoms with E-state index in [1.807, 2.05) is 83.4 Å². The SMILES string of the molecule is CNC(=O)C1(c2ccc(-n3c(-c4cccnc4N)nc4ccc(-c5ccccc5)nc43)cc2)CCC1. The minimum absolute atomic E-state index is 0.0765. The maximum atomic E-state index is 12.7. The van der Waals surface area contributed by atoms with Crippen LogP contribution in [0, 0.1) is 0 Å². The number of nitrogen functional groups attached to an aromatic ring is 1. The number of nitrogens with one attached hydrogen (secondary N) is 1. The van der Waals surface area contributed by atoms with Gasteiger partial charge in [-0.25, -0.2) is 15.0 Å². The first kappa shape index (κ1) is 22.0. The van der Waals surface area contributed by atoms with E-state index in [9.17, 15) is 4.79 Å². The van der Waals surface area contributed by atoms with Crippen LogP contribution in [-0.2, 0) is 10.2 Å². The zero-order valence-electron chi connectivity index (χ0n) is 20.0. The van der Waals surface area contributed by atoms with Gasteiger partial charge in [0.1, 0.15) is 11.3 Å². The van der Waals surface area contributed by atoms with E-state index in [0.717, 1.165) is 58.5 Å². The molecule has 1 aliphatic carbocycles. The summed E-state index contributed by atoms with van der Waals surface area (Å²) in [6, 6.07) is 26.0. The molecule has 0 aliphatic heterocycles. The van der Waals surface area contributed by atoms with Crippen molar-refractivity contribution < 1.29 is 4.79 Å². The molecule has 1 fully saturated rings. The van der Waals surface area contributed by atoms with Gasteiger partial charge in [-0.3, -0.25) is 9.36 Å². The van der Waals surface area contributed by atoms with E-state index in [1.54, 1.807) is 13.2 Å². The maximum Gasteiger partial charge on any atom is 0.230 e. The Labute approximate surface area is 209 Å². The highest BCUT2D eigenvalue weighted by Gasteiger charge is 2.45. The Morgan fingerprint density at radius 1 is 0.944 bits per heavy atom. The van der Waals surface area contributed by atoms with Crippen molar-refractivity contribution in [3.05, 3.63) is 90.6 Å². The number of nitrogens with zero attached hydrogens (tertiary/aromatic N) is 4. The number of anilines is 1. The van der Waals surface area contributed by atoms with Gasteiger partial charge in [0.2, 0.25) is 5.91 Å². The first-order chi connectivity index (χ1) is 17.6. The lowest BCUT2D eigenvalue weighted by molar-refractivity contribution is -0.129. The van der Waals surface area contributed by atoms with E-state index >= 15 is 0 Å². The molecule has 1 saturated carbocycles. The van der Waals surface area contributed by atoms with E-state index in [2.05, 4.69) is 10.3 Å². The predicted octanol–water partition coefficient (Wildman–Crippen LogP) is 4.90. The van der Waals surface area contributed by atoms with E-state index in [-0.39, 0.29) is 5.91 Å². The summed E-state index contributed by atoms with van der Waals surface area (Å²) in [4.78, 5) is 26.9. The minimum atomic E-state index is -0.445. The molecule has 7 heteroatoms. The van der Waals surface area contributed by atoms with E-state index < -0.39 is 5.41 Å². The van der Waals surface area contributed by atoms with Gasteiger partial charge >= 0.3 is 0 Å². The number of amides is 1. The Bertz CT molecular complexity index is 1570. The number of hydrogen-bond donors (Lipinski definition) is 2. The number of pyridine rings is 2. The first-order valence-electron chi connectivity index (χ1n) is 12.1. The fourth-order valence-electron chi connectivity index (χ4n) is 5.10. The number of fused-ring (bicyclic) bond motifs is 1. The summed E-state index contributed by atoms with van der Waals surface area (Å²) < 4.78 is 2.02. The van der Waals surface area contributed by atoms with Gasteiger partial charge in [-0.1, -0.05) is 48.9 Å². The van der Waals surface area contributed by atoms with Crippen molar-refractivity contribution in [3.63, 3.8) is 0 Å². The lowest BCUT2D eigenvalue weighted by Crippen LogP contribution is -2.48. The standard InChI is InChI=1S/C29H26N6O/c1-31-28(36)29(16-6-17-29)20-10-12-21(13-11-20)35-26(22-9-5-18-32-25(22)30)34-24-15-14-23(33-27(24)35)19-7-3-2-4-8-19/h2-5,7-15,18H,6,16-17H2,1H3,(H2,30,32)(H,31,36). The van der Waals surface area contributed by atoms with Crippen molar-refractivity contribution in [1.29, 1.82) is 0 Å². The van der Waals surface area contributed by atoms with Gasteiger partial charge in [-0.2, -0.15) is 0 Å². The zero-order chi connectivity index (χ0) is 24.7. The second-order valence-electron chi connectivity index (χ2n) is 9.17. The third kappa shape index (κ3) is 3.43. The van der Waals surface area contributed by atoms with Gasteiger partial charge in [0.25, 0.3) is 0 Å². The Kier molecular flexibility index (Phi) is 5.25. The minimum Gasteiger partial charge on any atom is -0.383 e. The summed E-state index contributed by atoms with van der Waals surface area (Å²) >= 11 is 0. The number of likely N-dealkylation sites (N-methyl/N-ethyl adjacent to an activating group) is 1. The van der Waals surface area contributed by atoms with Gasteiger partial charge in [0.15, 0.2) is 11.5 Å². The Morgan fingerprint density at radius 2 is 1.72 bits per heavy atom. The number of imidazole rings is 1. The first-order valence-corrected chi connectivity index (χ1v) is 12.1. The predicted molar refractivity (Wildman–Crippen MR) is 142 cm³/mol. The fraction of sp³-hybridized carbons (Fsp3) is 0.172. The van der Waals surface area contributed by atoms with Gasteiger partial charge < -0.3 is 11.1 Å². The van der Waals surface area contributed by atoms with E-state index in [1.165, 1.54) is 0 Å². The highest BCUT2D eigenvalue weighted by Crippen LogP contribution is 2.44. The number of benzene rings is 2. The molecule has 0 radical (unpaired) electrons. The average molecular weight is 475 g/mol. The molecular weight excluding hydrogens is 448 g/mol. The number of carbonyl (C=O) groups excluding carboxylic acids is 1. The Balaban J connectivity index is 1.54. The van der Waals surface area contributed by atoms with Gasteiger partial charge in [-0.05, 0) is 54.8 Å². The molecule has 1 amide bonds. The molecule has 7 nitrogen and oxygen atoms in total. The Hall–Kier alpha value is -4.52. The molecule has 5 aromatic rings. The summed E-state index contributed by atoms with van der Waals surface area (Å²) in [6.07, 6.45) is 4.44. The summed E-state index contributed by atoms with van der Waals surface area (Å²) in [5.74, 6) is 1.15. The summed E-state index contributed by atoms with van der Waals surface area (Å²) in [5, 5.41) is 2.85. The molecule has 0 bridgehead atoms. The highest BCUT2D eigenvalue weighted by atomic mass is 16.2. The van der Waals surface area contributed by atoms with Crippen molar-refractivity contribution in [3.8, 4) is 28.3 Å². The van der Waals surface area contributed by atoms with Crippen LogP contribution in [-0.4, -0.2) is 32.5 Å². The van der Waals surface area contributed by atoms with E-state index in [4.69, 9.17) is 15.7 Å². The van der Waals surface area contributed by atoms with Crippen LogP contribution in [0.3, 0.4) is 0 Å². The van der Waals surface area contributed by atoms with Gasteiger partial charge in [0.05, 0.1) is 16.7 Å². The largest absolute Gasteiger partial charge is 0.383 e. The second-order valence-corrected chi connectivity index (χ2v) is 9.17. The van der Waals surface area contributed by atoms with Crippen molar-refractivity contribution in [1.82, 2.24) is 24.8 Å². The van der Waals surface area contributed by atoms with Crippen LogP contribution in [0.4, 0.5) is 5.82 Å². The molecular formula is C29H26N6O. The molecule has 36 heavy (non-hydrogen) atoms. The molecule has 0 saturated heterocycles. The molecule has 3 heterocycles. The number of aromatic nitrogens is 4. The fourth-order valence-corrected chi connectivity index (χ4v) is 5.10. The van der Waals surface area contributed by atoms with Crippen LogP contribution < -0.4 is 11.1 Å². The maximum absolute atomic E-state index is 12.7. The van der Waals surface area contributed by atoms with Crippen molar-refractivity contribution in [2.75, 3.05) is 12.8 Å². The van der Waals surface area contributed by atoms with Gasteiger partial charge in [0, 0.05) is 24.5 Å². The lowest BCUT2D eigenvalue weighted by Gasteiger charge is -2.40. The van der Waals surface area contributed by atoms with Crippen molar-refractivity contribution in [2.24, 2.45) is 0 Å². The number of hydrogen-bond acceptors (Lipinski definition) is 5. The number of carbonyl (C=O) groups is 1. The lowest BCUT2D eigenvalue weighted by atomic mass is 9.64. The molecule has 0 spiro atoms. The topological polar surface area (TPSA) is 98.7 Å². The third-order valence-electron chi connectivity index (χ3n) is 7.20. The summed E-state index contributed by atoms with van der Waals surface area (Å²) in [5.41, 5.74) is 11.9. The zero-order valence-corrected chi connectivity index (χ0v) is 20.0. The van der Waals surface area contributed by atoms with Crippen molar-refractivity contribution in [2.45, 2.75) is 24.7 Å². The molecule has 2 aromatic carbocycles. The summed E-state index contributed by atoms with van der Waals surface area (Å²) in [7, 11) is 1.70. The number of nitrogens with two attached hydrogens (primary N) is 1. The quantitative estimate of drug-likeness (QED) is 0.378. The van der Waals surface area contributed by atoms with Gasteiger partial charge in [-0.15, -0.1) is 0 Å². The van der Waals surface area contributed by atoms with Crippen LogP contribution in [0.2, 0.25) is 0 Å². The second kappa shape index (κ2) is 8.61. The van der Waals surface area contributed by atoms with Crippen LogP contribution in [0.15, 0.2) is 85.1 Å². The molecule has 1 aliphatic rings. The molecule has 3 aromatic heterocycles.